The van der Waals surface area contributed by atoms with E-state index in [4.69, 9.17) is 0 Å². The topological polar surface area (TPSA) is 29.1 Å². The maximum atomic E-state index is 11.3. The van der Waals surface area contributed by atoms with E-state index < -0.39 is 0 Å². The minimum absolute atomic E-state index is 0.0816. The average molecular weight is 280 g/mol. The van der Waals surface area contributed by atoms with Crippen LogP contribution in [0.5, 0.6) is 0 Å². The highest BCUT2D eigenvalue weighted by Crippen LogP contribution is 2.12. The molecular formula is C13H14BrNO. The van der Waals surface area contributed by atoms with Crippen molar-refractivity contribution in [2.24, 2.45) is 0 Å². The molecule has 0 heterocycles. The number of amides is 1. The van der Waals surface area contributed by atoms with Gasteiger partial charge in [-0.05, 0) is 30.2 Å². The minimum atomic E-state index is -0.0816. The number of rotatable bonds is 5. The highest BCUT2D eigenvalue weighted by atomic mass is 79.9. The van der Waals surface area contributed by atoms with Crippen molar-refractivity contribution in [3.8, 4) is 0 Å². The van der Waals surface area contributed by atoms with E-state index in [1.807, 2.05) is 24.3 Å². The summed E-state index contributed by atoms with van der Waals surface area (Å²) in [6.45, 7) is 4.22. The Labute approximate surface area is 104 Å². The normalized spacial score (nSPS) is 10.3. The molecule has 0 atom stereocenters. The van der Waals surface area contributed by atoms with Crippen LogP contribution in [-0.2, 0) is 4.79 Å². The molecule has 1 N–H and O–H groups in total. The minimum Gasteiger partial charge on any atom is -0.352 e. The summed E-state index contributed by atoms with van der Waals surface area (Å²) in [5.41, 5.74) is 0.994. The Hall–Kier alpha value is -1.35. The van der Waals surface area contributed by atoms with E-state index in [1.54, 1.807) is 12.2 Å². The van der Waals surface area contributed by atoms with Crippen LogP contribution >= 0.6 is 15.9 Å². The summed E-state index contributed by atoms with van der Waals surface area (Å²) in [4.78, 5) is 11.3. The van der Waals surface area contributed by atoms with Crippen LogP contribution in [0.2, 0.25) is 0 Å². The van der Waals surface area contributed by atoms with Gasteiger partial charge in [-0.3, -0.25) is 4.79 Å². The van der Waals surface area contributed by atoms with Gasteiger partial charge < -0.3 is 5.32 Å². The van der Waals surface area contributed by atoms with E-state index in [2.05, 4.69) is 27.8 Å². The van der Waals surface area contributed by atoms with Gasteiger partial charge in [0.25, 0.3) is 0 Å². The molecule has 0 unspecified atom stereocenters. The summed E-state index contributed by atoms with van der Waals surface area (Å²) >= 11 is 3.37. The van der Waals surface area contributed by atoms with Crippen LogP contribution in [0.1, 0.15) is 12.0 Å². The third kappa shape index (κ3) is 4.94. The molecule has 0 aliphatic rings. The zero-order chi connectivity index (χ0) is 11.8. The number of benzene rings is 1. The van der Waals surface area contributed by atoms with Gasteiger partial charge in [-0.25, -0.2) is 0 Å². The molecular weight excluding hydrogens is 266 g/mol. The molecule has 0 bridgehead atoms. The Balaban J connectivity index is 2.47. The fraction of sp³-hybridized carbons (Fsp3) is 0.154. The second-order valence-electron chi connectivity index (χ2n) is 3.26. The van der Waals surface area contributed by atoms with E-state index in [0.29, 0.717) is 6.54 Å². The average Bonchev–Trinajstić information content (AvgIpc) is 2.27. The van der Waals surface area contributed by atoms with Crippen LogP contribution in [0.15, 0.2) is 47.5 Å². The maximum Gasteiger partial charge on any atom is 0.244 e. The molecule has 1 aromatic carbocycles. The van der Waals surface area contributed by atoms with Crippen LogP contribution in [0.25, 0.3) is 6.08 Å². The predicted octanol–water partition coefficient (Wildman–Crippen LogP) is 3.15. The first-order chi connectivity index (χ1) is 7.72. The largest absolute Gasteiger partial charge is 0.352 e. The highest BCUT2D eigenvalue weighted by Gasteiger charge is 1.93. The third-order valence-corrected chi connectivity index (χ3v) is 2.42. The lowest BCUT2D eigenvalue weighted by atomic mass is 10.2. The first kappa shape index (κ1) is 12.7. The van der Waals surface area contributed by atoms with Gasteiger partial charge in [0.2, 0.25) is 5.91 Å². The number of nitrogens with one attached hydrogen (secondary N) is 1. The molecule has 0 aliphatic carbocycles. The first-order valence-electron chi connectivity index (χ1n) is 5.05. The first-order valence-corrected chi connectivity index (χ1v) is 5.84. The molecule has 0 aromatic heterocycles. The van der Waals surface area contributed by atoms with Gasteiger partial charge in [-0.2, -0.15) is 0 Å². The summed E-state index contributed by atoms with van der Waals surface area (Å²) in [7, 11) is 0. The van der Waals surface area contributed by atoms with Gasteiger partial charge in [0.1, 0.15) is 0 Å². The van der Waals surface area contributed by atoms with Crippen molar-refractivity contribution in [1.29, 1.82) is 0 Å². The van der Waals surface area contributed by atoms with E-state index in [9.17, 15) is 4.79 Å². The van der Waals surface area contributed by atoms with Gasteiger partial charge >= 0.3 is 0 Å². The van der Waals surface area contributed by atoms with Gasteiger partial charge in [-0.15, -0.1) is 6.58 Å². The SMILES string of the molecule is C=CCCNC(=O)/C=C/c1cccc(Br)c1. The summed E-state index contributed by atoms with van der Waals surface area (Å²) in [5.74, 6) is -0.0816. The molecule has 0 radical (unpaired) electrons. The highest BCUT2D eigenvalue weighted by molar-refractivity contribution is 9.10. The zero-order valence-corrected chi connectivity index (χ0v) is 10.5. The van der Waals surface area contributed by atoms with Crippen LogP contribution in [0, 0.1) is 0 Å². The summed E-state index contributed by atoms with van der Waals surface area (Å²) in [6, 6.07) is 7.77. The lowest BCUT2D eigenvalue weighted by Gasteiger charge is -1.98. The zero-order valence-electron chi connectivity index (χ0n) is 8.95. The third-order valence-electron chi connectivity index (χ3n) is 1.92. The van der Waals surface area contributed by atoms with Crippen LogP contribution in [0.4, 0.5) is 0 Å². The fourth-order valence-electron chi connectivity index (χ4n) is 1.14. The molecule has 3 heteroatoms. The molecule has 0 fully saturated rings. The van der Waals surface area contributed by atoms with Crippen molar-refractivity contribution in [1.82, 2.24) is 5.32 Å². The summed E-state index contributed by atoms with van der Waals surface area (Å²) < 4.78 is 1.00. The van der Waals surface area contributed by atoms with Crippen LogP contribution in [0.3, 0.4) is 0 Å². The fourth-order valence-corrected chi connectivity index (χ4v) is 1.56. The van der Waals surface area contributed by atoms with Crippen LogP contribution in [-0.4, -0.2) is 12.5 Å². The number of carbonyl (C=O) groups is 1. The molecule has 0 aliphatic heterocycles. The Bertz CT molecular complexity index is 399. The molecule has 0 spiro atoms. The van der Waals surface area contributed by atoms with E-state index >= 15 is 0 Å². The van der Waals surface area contributed by atoms with Gasteiger partial charge in [0.15, 0.2) is 0 Å². The summed E-state index contributed by atoms with van der Waals surface area (Å²) in [6.07, 6.45) is 5.88. The van der Waals surface area contributed by atoms with Crippen LogP contribution < -0.4 is 5.32 Å². The molecule has 1 rings (SSSR count). The smallest absolute Gasteiger partial charge is 0.244 e. The van der Waals surface area contributed by atoms with Gasteiger partial charge in [0.05, 0.1) is 0 Å². The maximum absolute atomic E-state index is 11.3. The van der Waals surface area contributed by atoms with E-state index in [-0.39, 0.29) is 5.91 Å². The van der Waals surface area contributed by atoms with Crippen molar-refractivity contribution in [2.75, 3.05) is 6.54 Å². The van der Waals surface area contributed by atoms with Crippen molar-refractivity contribution in [3.63, 3.8) is 0 Å². The Morgan fingerprint density at radius 3 is 3.00 bits per heavy atom. The van der Waals surface area contributed by atoms with Crippen molar-refractivity contribution < 1.29 is 4.79 Å². The molecule has 1 aromatic rings. The molecule has 16 heavy (non-hydrogen) atoms. The summed E-state index contributed by atoms with van der Waals surface area (Å²) in [5, 5.41) is 2.76. The predicted molar refractivity (Wildman–Crippen MR) is 71.0 cm³/mol. The lowest BCUT2D eigenvalue weighted by molar-refractivity contribution is -0.116. The number of hydrogen-bond donors (Lipinski definition) is 1. The van der Waals surface area contributed by atoms with E-state index in [0.717, 1.165) is 16.5 Å². The Morgan fingerprint density at radius 2 is 2.31 bits per heavy atom. The van der Waals surface area contributed by atoms with Gasteiger partial charge in [-0.1, -0.05) is 34.1 Å². The van der Waals surface area contributed by atoms with Crippen molar-refractivity contribution in [3.05, 3.63) is 53.0 Å². The Morgan fingerprint density at radius 1 is 1.50 bits per heavy atom. The number of hydrogen-bond acceptors (Lipinski definition) is 1. The second kappa shape index (κ2) is 7.01. The number of halogens is 1. The molecule has 2 nitrogen and oxygen atoms in total. The monoisotopic (exact) mass is 279 g/mol. The quantitative estimate of drug-likeness (QED) is 0.501. The molecule has 0 saturated heterocycles. The van der Waals surface area contributed by atoms with Crippen molar-refractivity contribution in [2.45, 2.75) is 6.42 Å². The van der Waals surface area contributed by atoms with Gasteiger partial charge in [0, 0.05) is 17.1 Å². The van der Waals surface area contributed by atoms with Crippen molar-refractivity contribution >= 4 is 27.9 Å². The second-order valence-corrected chi connectivity index (χ2v) is 4.17. The lowest BCUT2D eigenvalue weighted by Crippen LogP contribution is -2.21. The number of carbonyl (C=O) groups excluding carboxylic acids is 1. The standard InChI is InChI=1S/C13H14BrNO/c1-2-3-9-15-13(16)8-7-11-5-4-6-12(14)10-11/h2,4-8,10H,1,3,9H2,(H,15,16)/b8-7+. The molecule has 1 amide bonds. The molecule has 0 saturated carbocycles. The van der Waals surface area contributed by atoms with E-state index in [1.165, 1.54) is 6.08 Å². The molecule has 84 valence electrons. The Kier molecular flexibility index (Phi) is 5.57.